The lowest BCUT2D eigenvalue weighted by molar-refractivity contribution is -0.142. The molecule has 0 bridgehead atoms. The fourth-order valence-electron chi connectivity index (χ4n) is 2.54. The van der Waals surface area contributed by atoms with E-state index in [-0.39, 0.29) is 17.9 Å². The molecule has 1 amide bonds. The number of hydrogen-bond acceptors (Lipinski definition) is 2. The molecule has 0 saturated heterocycles. The zero-order chi connectivity index (χ0) is 14.7. The van der Waals surface area contributed by atoms with Gasteiger partial charge in [-0.2, -0.15) is 0 Å². The van der Waals surface area contributed by atoms with E-state index in [9.17, 15) is 9.59 Å². The van der Waals surface area contributed by atoms with E-state index in [4.69, 9.17) is 16.7 Å². The molecule has 1 aliphatic rings. The van der Waals surface area contributed by atoms with E-state index in [0.717, 1.165) is 18.4 Å². The highest BCUT2D eigenvalue weighted by atomic mass is 35.5. The SMILES string of the molecule is Cc1cc(C(=O)NC2CCC(C(=O)O)CC2)ccc1Cl. The number of carbonyl (C=O) groups is 2. The summed E-state index contributed by atoms with van der Waals surface area (Å²) in [6, 6.07) is 5.25. The van der Waals surface area contributed by atoms with Gasteiger partial charge in [0.05, 0.1) is 5.92 Å². The Hall–Kier alpha value is -1.55. The molecule has 0 atom stereocenters. The van der Waals surface area contributed by atoms with Crippen molar-refractivity contribution in [1.82, 2.24) is 5.32 Å². The summed E-state index contributed by atoms with van der Waals surface area (Å²) in [6.07, 6.45) is 2.68. The van der Waals surface area contributed by atoms with Crippen LogP contribution in [-0.4, -0.2) is 23.0 Å². The van der Waals surface area contributed by atoms with E-state index in [0.29, 0.717) is 23.4 Å². The molecule has 0 aliphatic heterocycles. The zero-order valence-corrected chi connectivity index (χ0v) is 12.1. The second-order valence-electron chi connectivity index (χ2n) is 5.32. The van der Waals surface area contributed by atoms with Gasteiger partial charge in [-0.25, -0.2) is 0 Å². The molecule has 1 saturated carbocycles. The second kappa shape index (κ2) is 6.27. The molecule has 1 aliphatic carbocycles. The van der Waals surface area contributed by atoms with Gasteiger partial charge >= 0.3 is 5.97 Å². The Kier molecular flexibility index (Phi) is 4.65. The lowest BCUT2D eigenvalue weighted by Crippen LogP contribution is -2.38. The maximum Gasteiger partial charge on any atom is 0.306 e. The first kappa shape index (κ1) is 14.9. The van der Waals surface area contributed by atoms with Crippen molar-refractivity contribution >= 4 is 23.5 Å². The molecule has 1 aromatic carbocycles. The van der Waals surface area contributed by atoms with Crippen LogP contribution in [0.3, 0.4) is 0 Å². The van der Waals surface area contributed by atoms with Gasteiger partial charge in [0.25, 0.3) is 5.91 Å². The van der Waals surface area contributed by atoms with Gasteiger partial charge in [-0.05, 0) is 56.4 Å². The van der Waals surface area contributed by atoms with E-state index in [1.54, 1.807) is 18.2 Å². The molecule has 0 heterocycles. The molecule has 1 fully saturated rings. The third-order valence-electron chi connectivity index (χ3n) is 3.83. The topological polar surface area (TPSA) is 66.4 Å². The summed E-state index contributed by atoms with van der Waals surface area (Å²) >= 11 is 5.94. The minimum Gasteiger partial charge on any atom is -0.481 e. The number of benzene rings is 1. The number of nitrogens with one attached hydrogen (secondary N) is 1. The highest BCUT2D eigenvalue weighted by Crippen LogP contribution is 2.25. The summed E-state index contributed by atoms with van der Waals surface area (Å²) in [6.45, 7) is 1.86. The molecule has 0 spiro atoms. The molecule has 20 heavy (non-hydrogen) atoms. The Morgan fingerprint density at radius 3 is 2.45 bits per heavy atom. The smallest absolute Gasteiger partial charge is 0.306 e. The first-order chi connectivity index (χ1) is 9.47. The summed E-state index contributed by atoms with van der Waals surface area (Å²) < 4.78 is 0. The van der Waals surface area contributed by atoms with Gasteiger partial charge < -0.3 is 10.4 Å². The van der Waals surface area contributed by atoms with Crippen molar-refractivity contribution < 1.29 is 14.7 Å². The predicted molar refractivity (Wildman–Crippen MR) is 77.0 cm³/mol. The van der Waals surface area contributed by atoms with Gasteiger partial charge in [0, 0.05) is 16.6 Å². The summed E-state index contributed by atoms with van der Waals surface area (Å²) in [5, 5.41) is 12.5. The maximum absolute atomic E-state index is 12.1. The first-order valence-electron chi connectivity index (χ1n) is 6.77. The van der Waals surface area contributed by atoms with Crippen LogP contribution in [0, 0.1) is 12.8 Å². The molecule has 4 nitrogen and oxygen atoms in total. The summed E-state index contributed by atoms with van der Waals surface area (Å²) in [4.78, 5) is 23.0. The van der Waals surface area contributed by atoms with Gasteiger partial charge in [0.2, 0.25) is 0 Å². The molecule has 108 valence electrons. The highest BCUT2D eigenvalue weighted by molar-refractivity contribution is 6.31. The van der Waals surface area contributed by atoms with Crippen LogP contribution in [0.4, 0.5) is 0 Å². The van der Waals surface area contributed by atoms with Crippen molar-refractivity contribution in [3.05, 3.63) is 34.3 Å². The predicted octanol–water partition coefficient (Wildman–Crippen LogP) is 3.02. The normalized spacial score (nSPS) is 22.3. The molecule has 0 aromatic heterocycles. The molecule has 1 aromatic rings. The highest BCUT2D eigenvalue weighted by Gasteiger charge is 2.26. The van der Waals surface area contributed by atoms with Gasteiger partial charge in [-0.1, -0.05) is 11.6 Å². The fourth-order valence-corrected chi connectivity index (χ4v) is 2.66. The number of carboxylic acid groups (broad SMARTS) is 1. The lowest BCUT2D eigenvalue weighted by atomic mass is 9.86. The van der Waals surface area contributed by atoms with Gasteiger partial charge in [-0.15, -0.1) is 0 Å². The van der Waals surface area contributed by atoms with E-state index < -0.39 is 5.97 Å². The molecule has 0 unspecified atom stereocenters. The first-order valence-corrected chi connectivity index (χ1v) is 7.15. The van der Waals surface area contributed by atoms with E-state index in [1.165, 1.54) is 0 Å². The van der Waals surface area contributed by atoms with Crippen LogP contribution >= 0.6 is 11.6 Å². The van der Waals surface area contributed by atoms with Gasteiger partial charge in [0.1, 0.15) is 0 Å². The maximum atomic E-state index is 12.1. The van der Waals surface area contributed by atoms with Crippen LogP contribution < -0.4 is 5.32 Å². The summed E-state index contributed by atoms with van der Waals surface area (Å²) in [7, 11) is 0. The summed E-state index contributed by atoms with van der Waals surface area (Å²) in [5.74, 6) is -1.12. The molecular formula is C15H18ClNO3. The second-order valence-corrected chi connectivity index (χ2v) is 5.73. The van der Waals surface area contributed by atoms with Crippen molar-refractivity contribution in [2.75, 3.05) is 0 Å². The third-order valence-corrected chi connectivity index (χ3v) is 4.26. The Balaban J connectivity index is 1.92. The Morgan fingerprint density at radius 1 is 1.25 bits per heavy atom. The van der Waals surface area contributed by atoms with Crippen molar-refractivity contribution in [2.45, 2.75) is 38.6 Å². The van der Waals surface area contributed by atoms with Gasteiger partial charge in [-0.3, -0.25) is 9.59 Å². The van der Waals surface area contributed by atoms with Crippen molar-refractivity contribution in [3.8, 4) is 0 Å². The Labute approximate surface area is 123 Å². The largest absolute Gasteiger partial charge is 0.481 e. The minimum absolute atomic E-state index is 0.0640. The molecule has 2 rings (SSSR count). The monoisotopic (exact) mass is 295 g/mol. The zero-order valence-electron chi connectivity index (χ0n) is 11.4. The minimum atomic E-state index is -0.733. The van der Waals surface area contributed by atoms with Gasteiger partial charge in [0.15, 0.2) is 0 Å². The molecule has 5 heteroatoms. The number of carboxylic acids is 1. The number of aliphatic carboxylic acids is 1. The van der Waals surface area contributed by atoms with Crippen molar-refractivity contribution in [2.24, 2.45) is 5.92 Å². The van der Waals surface area contributed by atoms with Crippen molar-refractivity contribution in [1.29, 1.82) is 0 Å². The van der Waals surface area contributed by atoms with Crippen LogP contribution in [0.2, 0.25) is 5.02 Å². The van der Waals surface area contributed by atoms with Crippen molar-refractivity contribution in [3.63, 3.8) is 0 Å². The lowest BCUT2D eigenvalue weighted by Gasteiger charge is -2.26. The molecule has 2 N–H and O–H groups in total. The summed E-state index contributed by atoms with van der Waals surface area (Å²) in [5.41, 5.74) is 1.46. The average Bonchev–Trinajstić information content (AvgIpc) is 2.42. The Bertz CT molecular complexity index is 522. The van der Waals surface area contributed by atoms with Crippen LogP contribution in [0.15, 0.2) is 18.2 Å². The van der Waals surface area contributed by atoms with Crippen LogP contribution in [-0.2, 0) is 4.79 Å². The number of amides is 1. The Morgan fingerprint density at radius 2 is 1.90 bits per heavy atom. The third kappa shape index (κ3) is 3.51. The van der Waals surface area contributed by atoms with E-state index in [2.05, 4.69) is 5.32 Å². The van der Waals surface area contributed by atoms with E-state index >= 15 is 0 Å². The standard InChI is InChI=1S/C15H18ClNO3/c1-9-8-11(4-7-13(9)16)14(18)17-12-5-2-10(3-6-12)15(19)20/h4,7-8,10,12H,2-3,5-6H2,1H3,(H,17,18)(H,19,20). The molecular weight excluding hydrogens is 278 g/mol. The van der Waals surface area contributed by atoms with Crippen LogP contribution in [0.1, 0.15) is 41.6 Å². The number of halogens is 1. The van der Waals surface area contributed by atoms with Crippen LogP contribution in [0.5, 0.6) is 0 Å². The average molecular weight is 296 g/mol. The quantitative estimate of drug-likeness (QED) is 0.901. The van der Waals surface area contributed by atoms with E-state index in [1.807, 2.05) is 6.92 Å². The number of aryl methyl sites for hydroxylation is 1. The number of hydrogen-bond donors (Lipinski definition) is 2. The molecule has 0 radical (unpaired) electrons. The number of carbonyl (C=O) groups excluding carboxylic acids is 1. The number of rotatable bonds is 3. The van der Waals surface area contributed by atoms with Crippen LogP contribution in [0.25, 0.3) is 0 Å². The fraction of sp³-hybridized carbons (Fsp3) is 0.467.